The molecule has 0 amide bonds. The predicted molar refractivity (Wildman–Crippen MR) is 82.9 cm³/mol. The summed E-state index contributed by atoms with van der Waals surface area (Å²) in [6, 6.07) is 15.9. The maximum absolute atomic E-state index is 6.54. The number of hydrogen-bond donors (Lipinski definition) is 0. The van der Waals surface area contributed by atoms with Crippen molar-refractivity contribution in [2.75, 3.05) is 13.2 Å². The summed E-state index contributed by atoms with van der Waals surface area (Å²) in [6.45, 7) is 5.12. The van der Waals surface area contributed by atoms with Gasteiger partial charge in [-0.15, -0.1) is 11.6 Å². The van der Waals surface area contributed by atoms with Gasteiger partial charge in [-0.25, -0.2) is 0 Å². The van der Waals surface area contributed by atoms with Crippen molar-refractivity contribution in [1.29, 1.82) is 0 Å². The Labute approximate surface area is 125 Å². The second-order valence-electron chi connectivity index (χ2n) is 4.35. The van der Waals surface area contributed by atoms with Gasteiger partial charge < -0.3 is 9.47 Å². The van der Waals surface area contributed by atoms with E-state index in [1.54, 1.807) is 0 Å². The van der Waals surface area contributed by atoms with Gasteiger partial charge in [-0.3, -0.25) is 0 Å². The van der Waals surface area contributed by atoms with Gasteiger partial charge in [0.05, 0.1) is 18.6 Å². The molecule has 0 saturated carbocycles. The summed E-state index contributed by atoms with van der Waals surface area (Å²) in [4.78, 5) is 0. The van der Waals surface area contributed by atoms with Crippen LogP contribution in [0.1, 0.15) is 30.4 Å². The molecule has 3 heteroatoms. The zero-order chi connectivity index (χ0) is 14.4. The van der Waals surface area contributed by atoms with Crippen LogP contribution in [0.15, 0.2) is 48.5 Å². The van der Waals surface area contributed by atoms with E-state index < -0.39 is 0 Å². The van der Waals surface area contributed by atoms with Gasteiger partial charge in [0.15, 0.2) is 11.5 Å². The van der Waals surface area contributed by atoms with Crippen LogP contribution in [0, 0.1) is 0 Å². The molecule has 0 radical (unpaired) electrons. The summed E-state index contributed by atoms with van der Waals surface area (Å²) in [5.74, 6) is 1.50. The molecule has 0 spiro atoms. The van der Waals surface area contributed by atoms with E-state index in [4.69, 9.17) is 21.1 Å². The zero-order valence-corrected chi connectivity index (χ0v) is 12.6. The Morgan fingerprint density at radius 3 is 2.15 bits per heavy atom. The fourth-order valence-corrected chi connectivity index (χ4v) is 2.32. The van der Waals surface area contributed by atoms with E-state index in [0.717, 1.165) is 22.6 Å². The zero-order valence-electron chi connectivity index (χ0n) is 11.8. The van der Waals surface area contributed by atoms with Gasteiger partial charge in [0.1, 0.15) is 0 Å². The van der Waals surface area contributed by atoms with E-state index in [1.807, 2.05) is 62.4 Å². The van der Waals surface area contributed by atoms with E-state index in [-0.39, 0.29) is 5.38 Å². The van der Waals surface area contributed by atoms with Crippen molar-refractivity contribution in [2.45, 2.75) is 19.2 Å². The maximum Gasteiger partial charge on any atom is 0.161 e. The minimum absolute atomic E-state index is 0.189. The smallest absolute Gasteiger partial charge is 0.161 e. The highest BCUT2D eigenvalue weighted by Crippen LogP contribution is 2.35. The molecule has 0 N–H and O–H groups in total. The quantitative estimate of drug-likeness (QED) is 0.711. The molecule has 0 aliphatic carbocycles. The standard InChI is InChI=1S/C17H19ClO2/c1-3-19-15-11-10-14(12-16(15)20-4-2)17(18)13-8-6-5-7-9-13/h5-12,17H,3-4H2,1-2H3. The maximum atomic E-state index is 6.54. The molecule has 1 atom stereocenters. The molecule has 0 heterocycles. The van der Waals surface area contributed by atoms with Crippen LogP contribution < -0.4 is 9.47 Å². The lowest BCUT2D eigenvalue weighted by atomic mass is 10.0. The van der Waals surface area contributed by atoms with Gasteiger partial charge in [-0.1, -0.05) is 36.4 Å². The number of rotatable bonds is 6. The lowest BCUT2D eigenvalue weighted by molar-refractivity contribution is 0.287. The van der Waals surface area contributed by atoms with Gasteiger partial charge in [-0.05, 0) is 37.1 Å². The monoisotopic (exact) mass is 290 g/mol. The van der Waals surface area contributed by atoms with Crippen molar-refractivity contribution in [1.82, 2.24) is 0 Å². The molecule has 106 valence electrons. The summed E-state index contributed by atoms with van der Waals surface area (Å²) < 4.78 is 11.2. The number of alkyl halides is 1. The predicted octanol–water partition coefficient (Wildman–Crippen LogP) is 4.81. The van der Waals surface area contributed by atoms with Crippen LogP contribution in [0.25, 0.3) is 0 Å². The van der Waals surface area contributed by atoms with Gasteiger partial charge in [0, 0.05) is 0 Å². The van der Waals surface area contributed by atoms with E-state index in [0.29, 0.717) is 13.2 Å². The summed E-state index contributed by atoms with van der Waals surface area (Å²) in [5.41, 5.74) is 2.07. The van der Waals surface area contributed by atoms with E-state index in [1.165, 1.54) is 0 Å². The first-order valence-corrected chi connectivity index (χ1v) is 7.28. The summed E-state index contributed by atoms with van der Waals surface area (Å²) in [5, 5.41) is -0.189. The first-order chi connectivity index (χ1) is 9.76. The highest BCUT2D eigenvalue weighted by atomic mass is 35.5. The molecule has 2 nitrogen and oxygen atoms in total. The Morgan fingerprint density at radius 2 is 1.50 bits per heavy atom. The Balaban J connectivity index is 2.30. The van der Waals surface area contributed by atoms with Crippen molar-refractivity contribution in [2.24, 2.45) is 0 Å². The molecule has 0 saturated heterocycles. The van der Waals surface area contributed by atoms with Crippen LogP contribution in [-0.4, -0.2) is 13.2 Å². The third-order valence-corrected chi connectivity index (χ3v) is 3.46. The van der Waals surface area contributed by atoms with Gasteiger partial charge in [-0.2, -0.15) is 0 Å². The third kappa shape index (κ3) is 3.45. The minimum Gasteiger partial charge on any atom is -0.490 e. The van der Waals surface area contributed by atoms with E-state index in [9.17, 15) is 0 Å². The van der Waals surface area contributed by atoms with Crippen molar-refractivity contribution in [3.63, 3.8) is 0 Å². The van der Waals surface area contributed by atoms with Crippen LogP contribution in [-0.2, 0) is 0 Å². The minimum atomic E-state index is -0.189. The fourth-order valence-electron chi connectivity index (χ4n) is 2.04. The van der Waals surface area contributed by atoms with Crippen molar-refractivity contribution >= 4 is 11.6 Å². The highest BCUT2D eigenvalue weighted by molar-refractivity contribution is 6.22. The topological polar surface area (TPSA) is 18.5 Å². The summed E-state index contributed by atoms with van der Waals surface area (Å²) >= 11 is 6.54. The van der Waals surface area contributed by atoms with Crippen LogP contribution in [0.4, 0.5) is 0 Å². The van der Waals surface area contributed by atoms with Crippen LogP contribution in [0.2, 0.25) is 0 Å². The molecule has 1 unspecified atom stereocenters. The molecule has 0 aliphatic heterocycles. The summed E-state index contributed by atoms with van der Waals surface area (Å²) in [6.07, 6.45) is 0. The molecule has 0 bridgehead atoms. The largest absolute Gasteiger partial charge is 0.490 e. The average Bonchev–Trinajstić information content (AvgIpc) is 2.50. The molecular formula is C17H19ClO2. The van der Waals surface area contributed by atoms with Gasteiger partial charge in [0.25, 0.3) is 0 Å². The second kappa shape index (κ2) is 7.20. The lowest BCUT2D eigenvalue weighted by Gasteiger charge is -2.15. The van der Waals surface area contributed by atoms with Gasteiger partial charge >= 0.3 is 0 Å². The Hall–Kier alpha value is -1.67. The van der Waals surface area contributed by atoms with Gasteiger partial charge in [0.2, 0.25) is 0 Å². The first-order valence-electron chi connectivity index (χ1n) is 6.84. The first kappa shape index (κ1) is 14.7. The molecule has 20 heavy (non-hydrogen) atoms. The van der Waals surface area contributed by atoms with Crippen LogP contribution in [0.3, 0.4) is 0 Å². The van der Waals surface area contributed by atoms with Crippen LogP contribution in [0.5, 0.6) is 11.5 Å². The lowest BCUT2D eigenvalue weighted by Crippen LogP contribution is -2.00. The van der Waals surface area contributed by atoms with Crippen molar-refractivity contribution < 1.29 is 9.47 Å². The molecule has 2 rings (SSSR count). The Morgan fingerprint density at radius 1 is 0.850 bits per heavy atom. The van der Waals surface area contributed by atoms with Crippen LogP contribution >= 0.6 is 11.6 Å². The second-order valence-corrected chi connectivity index (χ2v) is 4.78. The number of hydrogen-bond acceptors (Lipinski definition) is 2. The number of ether oxygens (including phenoxy) is 2. The average molecular weight is 291 g/mol. The van der Waals surface area contributed by atoms with E-state index in [2.05, 4.69) is 0 Å². The molecule has 0 aliphatic rings. The number of benzene rings is 2. The molecule has 2 aromatic rings. The molecule has 2 aromatic carbocycles. The van der Waals surface area contributed by atoms with Crippen molar-refractivity contribution in [3.8, 4) is 11.5 Å². The summed E-state index contributed by atoms with van der Waals surface area (Å²) in [7, 11) is 0. The fraction of sp³-hybridized carbons (Fsp3) is 0.294. The highest BCUT2D eigenvalue weighted by Gasteiger charge is 2.14. The SMILES string of the molecule is CCOc1ccc(C(Cl)c2ccccc2)cc1OCC. The molecular weight excluding hydrogens is 272 g/mol. The third-order valence-electron chi connectivity index (χ3n) is 2.95. The number of halogens is 1. The van der Waals surface area contributed by atoms with E-state index >= 15 is 0 Å². The Kier molecular flexibility index (Phi) is 5.31. The Bertz CT molecular complexity index is 540. The molecule has 0 aromatic heterocycles. The normalized spacial score (nSPS) is 11.9. The van der Waals surface area contributed by atoms with Crippen molar-refractivity contribution in [3.05, 3.63) is 59.7 Å². The molecule has 0 fully saturated rings.